The molecule has 6 N–H and O–H groups in total. The molecule has 0 unspecified atom stereocenters. The second kappa shape index (κ2) is 13.4. The van der Waals surface area contributed by atoms with E-state index in [2.05, 4.69) is 4.74 Å². The molecule has 1 heterocycles. The van der Waals surface area contributed by atoms with Gasteiger partial charge in [0.15, 0.2) is 11.6 Å². The topological polar surface area (TPSA) is 233 Å². The Morgan fingerprint density at radius 3 is 0.825 bits per heavy atom. The Labute approximate surface area is 319 Å². The molecule has 0 atom stereocenters. The van der Waals surface area contributed by atoms with Crippen molar-refractivity contribution in [1.29, 1.82) is 0 Å². The Morgan fingerprint density at radius 2 is 0.561 bits per heavy atom. The quantitative estimate of drug-likeness (QED) is 0.0520. The summed E-state index contributed by atoms with van der Waals surface area (Å²) in [6.45, 7) is 0. The van der Waals surface area contributed by atoms with Crippen LogP contribution < -0.4 is 0 Å². The summed E-state index contributed by atoms with van der Waals surface area (Å²) < 4.78 is 4.35. The number of hydrogen-bond acceptors (Lipinski definition) is 13. The molecule has 0 radical (unpaired) electrons. The molecule has 0 saturated heterocycles. The number of esters is 2. The molecule has 0 aromatic heterocycles. The molecule has 7 aromatic rings. The maximum absolute atomic E-state index is 13.2. The third-order valence-corrected chi connectivity index (χ3v) is 10.1. The predicted octanol–water partition coefficient (Wildman–Crippen LogP) is 7.00. The van der Waals surface area contributed by atoms with Crippen LogP contribution in [0.3, 0.4) is 0 Å². The molecule has 0 amide bonds. The lowest BCUT2D eigenvalue weighted by Crippen LogP contribution is -2.22. The van der Waals surface area contributed by atoms with E-state index in [1.165, 1.54) is 24.3 Å². The molecule has 0 fully saturated rings. The number of ketones is 4. The number of rotatable bonds is 0. The van der Waals surface area contributed by atoms with E-state index in [1.807, 2.05) is 0 Å². The van der Waals surface area contributed by atoms with Gasteiger partial charge in [0.05, 0.1) is 44.5 Å². The van der Waals surface area contributed by atoms with Gasteiger partial charge in [0.1, 0.15) is 34.5 Å². The molecule has 57 heavy (non-hydrogen) atoms. The van der Waals surface area contributed by atoms with Crippen molar-refractivity contribution in [1.82, 2.24) is 0 Å². The SMILES string of the molecule is O=C1CCC(=O)c2c1c(O)c1ccccc1c2O.O=C1OC(=O)c2ccccc21.O=C1c2c(c(O)c3ccccc3c2O)C(=O)c2c1c(O)c1ccccc1c2O. The Bertz CT molecular complexity index is 2710. The van der Waals surface area contributed by atoms with Gasteiger partial charge in [-0.2, -0.15) is 0 Å². The van der Waals surface area contributed by atoms with Crippen molar-refractivity contribution in [3.63, 3.8) is 0 Å². The van der Waals surface area contributed by atoms with Gasteiger partial charge in [0, 0.05) is 45.2 Å². The van der Waals surface area contributed by atoms with Crippen molar-refractivity contribution < 1.29 is 64.1 Å². The van der Waals surface area contributed by atoms with Crippen LogP contribution in [0.25, 0.3) is 32.3 Å². The van der Waals surface area contributed by atoms with E-state index >= 15 is 0 Å². The van der Waals surface area contributed by atoms with Crippen LogP contribution in [0.15, 0.2) is 97.1 Å². The summed E-state index contributed by atoms with van der Waals surface area (Å²) in [5.74, 6) is -5.66. The van der Waals surface area contributed by atoms with Gasteiger partial charge in [-0.25, -0.2) is 9.59 Å². The average Bonchev–Trinajstić information content (AvgIpc) is 3.52. The number of Topliss-reactive ketones (excluding diaryl/α,β-unsaturated/α-hetero) is 2. The molecule has 13 nitrogen and oxygen atoms in total. The molecule has 3 aliphatic rings. The molecular formula is C44H26O13. The molecular weight excluding hydrogens is 736 g/mol. The number of benzene rings is 7. The van der Waals surface area contributed by atoms with Crippen molar-refractivity contribution >= 4 is 67.4 Å². The minimum atomic E-state index is -0.846. The Morgan fingerprint density at radius 1 is 0.333 bits per heavy atom. The average molecular weight is 763 g/mol. The molecule has 7 aromatic carbocycles. The van der Waals surface area contributed by atoms with E-state index in [9.17, 15) is 59.4 Å². The molecule has 0 spiro atoms. The van der Waals surface area contributed by atoms with Gasteiger partial charge < -0.3 is 35.4 Å². The fourth-order valence-corrected chi connectivity index (χ4v) is 7.39. The van der Waals surface area contributed by atoms with Gasteiger partial charge in [0.25, 0.3) is 0 Å². The monoisotopic (exact) mass is 762 g/mol. The largest absolute Gasteiger partial charge is 0.507 e. The van der Waals surface area contributed by atoms with Gasteiger partial charge in [-0.3, -0.25) is 19.2 Å². The Balaban J connectivity index is 0.000000133. The van der Waals surface area contributed by atoms with E-state index < -0.39 is 68.8 Å². The van der Waals surface area contributed by atoms with Crippen LogP contribution in [0.4, 0.5) is 0 Å². The van der Waals surface area contributed by atoms with Crippen LogP contribution in [-0.2, 0) is 4.74 Å². The van der Waals surface area contributed by atoms with Gasteiger partial charge >= 0.3 is 11.9 Å². The lowest BCUT2D eigenvalue weighted by Gasteiger charge is -2.23. The lowest BCUT2D eigenvalue weighted by atomic mass is 9.79. The minimum Gasteiger partial charge on any atom is -0.507 e. The van der Waals surface area contributed by atoms with Gasteiger partial charge in [-0.05, 0) is 12.1 Å². The molecule has 280 valence electrons. The van der Waals surface area contributed by atoms with E-state index in [0.717, 1.165) is 0 Å². The molecule has 0 bridgehead atoms. The summed E-state index contributed by atoms with van der Waals surface area (Å²) in [5, 5.41) is 64.5. The first-order valence-corrected chi connectivity index (χ1v) is 17.2. The summed E-state index contributed by atoms with van der Waals surface area (Å²) in [6, 6.07) is 25.7. The summed E-state index contributed by atoms with van der Waals surface area (Å²) in [4.78, 5) is 71.7. The predicted molar refractivity (Wildman–Crippen MR) is 203 cm³/mol. The zero-order valence-electron chi connectivity index (χ0n) is 29.2. The van der Waals surface area contributed by atoms with Crippen LogP contribution in [0.2, 0.25) is 0 Å². The van der Waals surface area contributed by atoms with Crippen LogP contribution in [0.1, 0.15) is 86.1 Å². The fourth-order valence-electron chi connectivity index (χ4n) is 7.39. The summed E-state index contributed by atoms with van der Waals surface area (Å²) in [6.07, 6.45) is 0.161. The molecule has 10 rings (SSSR count). The lowest BCUT2D eigenvalue weighted by molar-refractivity contribution is 0.0442. The Hall–Kier alpha value is -8.06. The van der Waals surface area contributed by atoms with E-state index in [1.54, 1.807) is 72.8 Å². The van der Waals surface area contributed by atoms with E-state index in [4.69, 9.17) is 0 Å². The van der Waals surface area contributed by atoms with Crippen LogP contribution in [0.5, 0.6) is 34.5 Å². The number of phenols is 6. The van der Waals surface area contributed by atoms with Crippen LogP contribution in [0, 0.1) is 0 Å². The third kappa shape index (κ3) is 5.40. The van der Waals surface area contributed by atoms with Crippen molar-refractivity contribution in [2.24, 2.45) is 0 Å². The standard InChI is InChI=1S/C22H12O6.C14H10O4.C8H4O3/c23-17-9-5-1-2-6-10(9)18(24)14-13(17)21(27)15-16(22(14)28)20(26)12-8-4-3-7-11(12)19(15)25;15-9-5-6-10(16)12-11(9)13(17)7-3-1-2-4-8(7)14(12)18;9-7-5-3-1-2-4-6(5)8(10)11-7/h1-8,23-26H;1-4,17-18H,5-6H2;1-4H. The fraction of sp³-hybridized carbons (Fsp3) is 0.0455. The van der Waals surface area contributed by atoms with Gasteiger partial charge in [-0.15, -0.1) is 0 Å². The highest BCUT2D eigenvalue weighted by Crippen LogP contribution is 2.50. The first-order chi connectivity index (χ1) is 27.3. The summed E-state index contributed by atoms with van der Waals surface area (Å²) in [5.41, 5.74) is -0.922. The normalized spacial score (nSPS) is 13.9. The van der Waals surface area contributed by atoms with Crippen molar-refractivity contribution in [3.8, 4) is 34.5 Å². The Kier molecular flexibility index (Phi) is 8.42. The molecule has 1 aliphatic heterocycles. The van der Waals surface area contributed by atoms with Gasteiger partial charge in [-0.1, -0.05) is 84.9 Å². The number of carbonyl (C=O) groups excluding carboxylic acids is 6. The van der Waals surface area contributed by atoms with E-state index in [-0.39, 0.29) is 68.6 Å². The van der Waals surface area contributed by atoms with Crippen molar-refractivity contribution in [2.45, 2.75) is 12.8 Å². The number of aromatic hydroxyl groups is 6. The third-order valence-electron chi connectivity index (χ3n) is 10.1. The number of fused-ring (bicyclic) bond motifs is 7. The van der Waals surface area contributed by atoms with Crippen LogP contribution in [-0.4, -0.2) is 65.7 Å². The van der Waals surface area contributed by atoms with Crippen LogP contribution >= 0.6 is 0 Å². The summed E-state index contributed by atoms with van der Waals surface area (Å²) >= 11 is 0. The van der Waals surface area contributed by atoms with E-state index in [0.29, 0.717) is 21.9 Å². The number of hydrogen-bond donors (Lipinski definition) is 6. The maximum atomic E-state index is 13.2. The summed E-state index contributed by atoms with van der Waals surface area (Å²) in [7, 11) is 0. The zero-order valence-corrected chi connectivity index (χ0v) is 29.2. The number of carbonyl (C=O) groups is 6. The second-order valence-corrected chi connectivity index (χ2v) is 13.2. The van der Waals surface area contributed by atoms with Gasteiger partial charge in [0.2, 0.25) is 11.6 Å². The number of cyclic esters (lactones) is 2. The first kappa shape index (κ1) is 35.9. The van der Waals surface area contributed by atoms with Crippen molar-refractivity contribution in [2.75, 3.05) is 0 Å². The highest BCUT2D eigenvalue weighted by atomic mass is 16.6. The zero-order chi connectivity index (χ0) is 40.4. The molecule has 0 saturated carbocycles. The minimum absolute atomic E-state index is 0.0394. The maximum Gasteiger partial charge on any atom is 0.346 e. The number of ether oxygens (including phenoxy) is 1. The smallest absolute Gasteiger partial charge is 0.346 e. The molecule has 13 heteroatoms. The highest BCUT2D eigenvalue weighted by Gasteiger charge is 2.41. The molecule has 2 aliphatic carbocycles. The number of phenolic OH excluding ortho intramolecular Hbond substituents is 6. The first-order valence-electron chi connectivity index (χ1n) is 17.2. The highest BCUT2D eigenvalue weighted by molar-refractivity contribution is 6.35. The van der Waals surface area contributed by atoms with Crippen molar-refractivity contribution in [3.05, 3.63) is 142 Å². The second-order valence-electron chi connectivity index (χ2n) is 13.2.